The van der Waals surface area contributed by atoms with Crippen molar-refractivity contribution in [3.63, 3.8) is 0 Å². The second-order valence-electron chi connectivity index (χ2n) is 9.18. The first-order chi connectivity index (χ1) is 15.3. The molecule has 0 radical (unpaired) electrons. The molecule has 6 rings (SSSR count). The van der Waals surface area contributed by atoms with Gasteiger partial charge >= 0.3 is 0 Å². The number of morpholine rings is 1. The van der Waals surface area contributed by atoms with E-state index in [1.54, 1.807) is 0 Å². The molecule has 4 aliphatic rings. The van der Waals surface area contributed by atoms with Crippen molar-refractivity contribution in [3.8, 4) is 5.75 Å². The van der Waals surface area contributed by atoms with Crippen molar-refractivity contribution in [1.82, 2.24) is 15.3 Å². The zero-order valence-corrected chi connectivity index (χ0v) is 18.2. The van der Waals surface area contributed by atoms with Crippen LogP contribution < -0.4 is 20.3 Å². The normalized spacial score (nSPS) is 23.9. The van der Waals surface area contributed by atoms with E-state index in [4.69, 9.17) is 19.4 Å². The molecule has 0 spiro atoms. The molecule has 3 aliphatic heterocycles. The summed E-state index contributed by atoms with van der Waals surface area (Å²) in [6.45, 7) is 7.58. The van der Waals surface area contributed by atoms with Crippen molar-refractivity contribution in [2.45, 2.75) is 50.5 Å². The van der Waals surface area contributed by atoms with Gasteiger partial charge < -0.3 is 25.0 Å². The van der Waals surface area contributed by atoms with E-state index in [9.17, 15) is 0 Å². The predicted molar refractivity (Wildman–Crippen MR) is 121 cm³/mol. The van der Waals surface area contributed by atoms with Gasteiger partial charge in [0, 0.05) is 42.5 Å². The lowest BCUT2D eigenvalue weighted by Gasteiger charge is -2.31. The monoisotopic (exact) mass is 421 g/mol. The topological polar surface area (TPSA) is 71.5 Å². The van der Waals surface area contributed by atoms with E-state index in [0.717, 1.165) is 80.7 Å². The second-order valence-corrected chi connectivity index (χ2v) is 9.18. The van der Waals surface area contributed by atoms with Crippen molar-refractivity contribution >= 4 is 17.2 Å². The number of pyridine rings is 2. The van der Waals surface area contributed by atoms with E-state index in [1.807, 2.05) is 6.20 Å². The summed E-state index contributed by atoms with van der Waals surface area (Å²) in [5.74, 6) is 2.87. The van der Waals surface area contributed by atoms with Crippen LogP contribution in [0.3, 0.4) is 0 Å². The largest absolute Gasteiger partial charge is 0.482 e. The Morgan fingerprint density at radius 3 is 2.65 bits per heavy atom. The van der Waals surface area contributed by atoms with E-state index >= 15 is 0 Å². The van der Waals surface area contributed by atoms with Crippen molar-refractivity contribution in [3.05, 3.63) is 35.3 Å². The number of ether oxygens (including phenoxy) is 2. The Morgan fingerprint density at radius 2 is 1.87 bits per heavy atom. The number of rotatable bonds is 3. The zero-order valence-electron chi connectivity index (χ0n) is 18.2. The highest BCUT2D eigenvalue weighted by Gasteiger charge is 2.35. The Labute approximate surface area is 183 Å². The number of hydrogen-bond donors (Lipinski definition) is 2. The van der Waals surface area contributed by atoms with Gasteiger partial charge in [0.05, 0.1) is 30.2 Å². The van der Waals surface area contributed by atoms with Gasteiger partial charge in [0.25, 0.3) is 0 Å². The van der Waals surface area contributed by atoms with E-state index < -0.39 is 0 Å². The van der Waals surface area contributed by atoms with E-state index in [2.05, 4.69) is 34.6 Å². The molecule has 1 unspecified atom stereocenters. The number of fused-ring (bicyclic) bond motifs is 2. The molecular weight excluding hydrogens is 390 g/mol. The third kappa shape index (κ3) is 3.64. The maximum atomic E-state index is 6.65. The van der Waals surface area contributed by atoms with Crippen molar-refractivity contribution in [1.29, 1.82) is 0 Å². The van der Waals surface area contributed by atoms with Crippen LogP contribution >= 0.6 is 0 Å². The molecule has 1 aliphatic carbocycles. The van der Waals surface area contributed by atoms with Crippen LogP contribution in [-0.4, -0.2) is 49.4 Å². The Bertz CT molecular complexity index is 965. The van der Waals surface area contributed by atoms with Crippen LogP contribution in [-0.2, 0) is 4.74 Å². The first-order valence-corrected chi connectivity index (χ1v) is 11.8. The Morgan fingerprint density at radius 1 is 1.06 bits per heavy atom. The molecule has 2 aromatic heterocycles. The van der Waals surface area contributed by atoms with Gasteiger partial charge in [-0.1, -0.05) is 0 Å². The number of piperidine rings is 1. The third-order valence-corrected chi connectivity index (χ3v) is 7.01. The van der Waals surface area contributed by atoms with E-state index in [-0.39, 0.29) is 6.10 Å². The fourth-order valence-electron chi connectivity index (χ4n) is 5.16. The van der Waals surface area contributed by atoms with Gasteiger partial charge in [0.1, 0.15) is 11.9 Å². The van der Waals surface area contributed by atoms with E-state index in [1.165, 1.54) is 24.2 Å². The summed E-state index contributed by atoms with van der Waals surface area (Å²) >= 11 is 0. The van der Waals surface area contributed by atoms with E-state index in [0.29, 0.717) is 11.8 Å². The Balaban J connectivity index is 1.42. The smallest absolute Gasteiger partial charge is 0.165 e. The summed E-state index contributed by atoms with van der Waals surface area (Å²) in [6.07, 6.45) is 6.50. The van der Waals surface area contributed by atoms with Crippen LogP contribution in [0.15, 0.2) is 18.3 Å². The molecule has 0 bridgehead atoms. The predicted octanol–water partition coefficient (Wildman–Crippen LogP) is 3.85. The molecule has 31 heavy (non-hydrogen) atoms. The highest BCUT2D eigenvalue weighted by Crippen LogP contribution is 2.50. The summed E-state index contributed by atoms with van der Waals surface area (Å²) in [4.78, 5) is 12.3. The molecule has 2 saturated heterocycles. The van der Waals surface area contributed by atoms with Crippen LogP contribution in [0.25, 0.3) is 0 Å². The van der Waals surface area contributed by atoms with Gasteiger partial charge in [0.2, 0.25) is 0 Å². The number of nitrogens with one attached hydrogen (secondary N) is 2. The quantitative estimate of drug-likeness (QED) is 0.780. The molecule has 7 heteroatoms. The molecule has 3 fully saturated rings. The zero-order chi connectivity index (χ0) is 20.8. The summed E-state index contributed by atoms with van der Waals surface area (Å²) in [5.41, 5.74) is 5.71. The average Bonchev–Trinajstić information content (AvgIpc) is 3.67. The second kappa shape index (κ2) is 7.95. The van der Waals surface area contributed by atoms with Gasteiger partial charge in [-0.3, -0.25) is 4.98 Å². The van der Waals surface area contributed by atoms with Gasteiger partial charge in [-0.05, 0) is 57.8 Å². The fraction of sp³-hybridized carbons (Fsp3) is 0.583. The minimum Gasteiger partial charge on any atom is -0.482 e. The highest BCUT2D eigenvalue weighted by atomic mass is 16.5. The lowest BCUT2D eigenvalue weighted by Crippen LogP contribution is -2.37. The number of nitrogens with zero attached hydrogens (tertiary/aromatic N) is 3. The van der Waals surface area contributed by atoms with Gasteiger partial charge in [-0.15, -0.1) is 0 Å². The van der Waals surface area contributed by atoms with Crippen molar-refractivity contribution < 1.29 is 9.47 Å². The molecular formula is C24H31N5O2. The van der Waals surface area contributed by atoms with Crippen LogP contribution in [0.5, 0.6) is 5.75 Å². The molecule has 1 saturated carbocycles. The maximum absolute atomic E-state index is 6.65. The molecule has 7 nitrogen and oxygen atoms in total. The minimum atomic E-state index is -0.0978. The molecule has 0 aromatic carbocycles. The molecule has 1 atom stereocenters. The summed E-state index contributed by atoms with van der Waals surface area (Å²) < 4.78 is 12.2. The lowest BCUT2D eigenvalue weighted by atomic mass is 9.93. The molecule has 5 heterocycles. The SMILES string of the molecule is CC1Oc2c(cc(C3CCNCC3)nc2C2CC2)Nc2nccc(N3CCOCC3)c21. The number of hydrogen-bond acceptors (Lipinski definition) is 7. The molecule has 2 N–H and O–H groups in total. The first-order valence-electron chi connectivity index (χ1n) is 11.8. The van der Waals surface area contributed by atoms with Crippen molar-refractivity contribution in [2.24, 2.45) is 0 Å². The summed E-state index contributed by atoms with van der Waals surface area (Å²) in [5, 5.41) is 7.14. The van der Waals surface area contributed by atoms with Crippen LogP contribution in [0.4, 0.5) is 17.2 Å². The molecule has 164 valence electrons. The van der Waals surface area contributed by atoms with Crippen LogP contribution in [0.2, 0.25) is 0 Å². The number of anilines is 3. The lowest BCUT2D eigenvalue weighted by molar-refractivity contribution is 0.122. The first kappa shape index (κ1) is 19.3. The maximum Gasteiger partial charge on any atom is 0.165 e. The molecule has 2 aromatic rings. The minimum absolute atomic E-state index is 0.0978. The van der Waals surface area contributed by atoms with Crippen LogP contribution in [0, 0.1) is 0 Å². The van der Waals surface area contributed by atoms with Crippen LogP contribution in [0.1, 0.15) is 67.5 Å². The number of aromatic nitrogens is 2. The standard InChI is InChI=1S/C24H31N5O2/c1-15-21-20(29-10-12-30-13-11-29)6-9-26-24(21)28-19-14-18(16-4-7-25-8-5-16)27-22(17-2-3-17)23(19)31-15/h6,9,14-17,25H,2-5,7-8,10-13H2,1H3,(H,26,28). The van der Waals surface area contributed by atoms with Gasteiger partial charge in [-0.2, -0.15) is 0 Å². The van der Waals surface area contributed by atoms with Crippen molar-refractivity contribution in [2.75, 3.05) is 49.6 Å². The summed E-state index contributed by atoms with van der Waals surface area (Å²) in [7, 11) is 0. The Hall–Kier alpha value is -2.38. The summed E-state index contributed by atoms with van der Waals surface area (Å²) in [6, 6.07) is 4.34. The average molecular weight is 422 g/mol. The van der Waals surface area contributed by atoms with Gasteiger partial charge in [0.15, 0.2) is 5.75 Å². The Kier molecular flexibility index (Phi) is 4.95. The highest BCUT2D eigenvalue weighted by molar-refractivity contribution is 5.75. The molecule has 0 amide bonds. The van der Waals surface area contributed by atoms with Gasteiger partial charge in [-0.25, -0.2) is 4.98 Å². The fourth-order valence-corrected chi connectivity index (χ4v) is 5.16. The third-order valence-electron chi connectivity index (χ3n) is 7.01.